The first-order chi connectivity index (χ1) is 40.0. The SMILES string of the molecule is CCC(CC)(c1ccc(/C=C/C(OCOC)(C(F)(F)F)C(F)(F)F)c(C)c1)c1ccc(OCCCCc2nn[nH]n2)c(C)c1.[C-]#[N+]CCCCOc1ccc(C(CC)(CC)c2ccc(/C=C/C(OCOC)(C(F)(F)F)C(F)(F)F)c(C)c2)cc1C. The second-order valence-electron chi connectivity index (χ2n) is 20.5. The summed E-state index contributed by atoms with van der Waals surface area (Å²) >= 11 is 0. The fraction of sp³-hybridized carbons (Fsp3) is 0.516. The molecule has 1 aromatic heterocycles. The van der Waals surface area contributed by atoms with Crippen molar-refractivity contribution in [2.24, 2.45) is 0 Å². The van der Waals surface area contributed by atoms with Gasteiger partial charge in [-0.05, 0) is 153 Å². The molecular formula is C62H75F12N5O6. The van der Waals surface area contributed by atoms with E-state index in [-0.39, 0.29) is 23.3 Å². The summed E-state index contributed by atoms with van der Waals surface area (Å²) in [5.41, 5.74) is -2.70. The molecule has 1 heterocycles. The third kappa shape index (κ3) is 16.9. The predicted octanol–water partition coefficient (Wildman–Crippen LogP) is 16.8. The first-order valence-electron chi connectivity index (χ1n) is 27.6. The van der Waals surface area contributed by atoms with Crippen LogP contribution in [-0.4, -0.2) is 104 Å². The van der Waals surface area contributed by atoms with Crippen molar-refractivity contribution in [1.29, 1.82) is 0 Å². The van der Waals surface area contributed by atoms with Crippen LogP contribution < -0.4 is 9.47 Å². The molecule has 0 spiro atoms. The van der Waals surface area contributed by atoms with Crippen molar-refractivity contribution in [2.75, 3.05) is 47.6 Å². The zero-order chi connectivity index (χ0) is 63.5. The largest absolute Gasteiger partial charge is 0.493 e. The highest BCUT2D eigenvalue weighted by atomic mass is 19.4. The lowest BCUT2D eigenvalue weighted by atomic mass is 9.70. The quantitative estimate of drug-likeness (QED) is 0.0216. The molecule has 0 atom stereocenters. The summed E-state index contributed by atoms with van der Waals surface area (Å²) in [7, 11) is 1.89. The van der Waals surface area contributed by atoms with Crippen molar-refractivity contribution >= 4 is 12.2 Å². The predicted molar refractivity (Wildman–Crippen MR) is 300 cm³/mol. The van der Waals surface area contributed by atoms with Crippen molar-refractivity contribution in [3.05, 3.63) is 158 Å². The van der Waals surface area contributed by atoms with Crippen molar-refractivity contribution in [2.45, 2.75) is 160 Å². The van der Waals surface area contributed by atoms with Gasteiger partial charge in [-0.3, -0.25) is 0 Å². The molecule has 0 unspecified atom stereocenters. The van der Waals surface area contributed by atoms with E-state index in [2.05, 4.69) is 56.5 Å². The standard InChI is InChI=1S/C31H38F6N4O3.C31H37F6NO3/c1-6-28(7-2,25-13-14-26(22(4)19-25)43-17-9-8-10-27-38-40-41-39-27)24-12-11-23(21(3)18-24)15-16-29(30(32,33)34,31(35,36)37)44-20-42-5;1-7-28(8-2,26-13-14-27(23(4)20-26)40-18-10-9-17-38-5)25-12-11-24(22(3)19-25)15-16-29(30(32,33)34,31(35,36)37)41-21-39-6/h11-16,18-19H,6-10,17,20H2,1-5H3,(H,38,39,40,41);11-16,19-20H,7-10,17-18,21H2,1-4,6H3/b2*16-15+. The van der Waals surface area contributed by atoms with Crippen LogP contribution >= 0.6 is 0 Å². The molecule has 0 saturated heterocycles. The van der Waals surface area contributed by atoms with Crippen LogP contribution in [0.25, 0.3) is 17.0 Å². The monoisotopic (exact) mass is 1210 g/mol. The number of aromatic amines is 1. The second kappa shape index (κ2) is 30.7. The van der Waals surface area contributed by atoms with Crippen LogP contribution in [0.4, 0.5) is 52.7 Å². The lowest BCUT2D eigenvalue weighted by Crippen LogP contribution is -2.57. The van der Waals surface area contributed by atoms with Crippen LogP contribution in [-0.2, 0) is 36.2 Å². The van der Waals surface area contributed by atoms with Crippen molar-refractivity contribution in [1.82, 2.24) is 20.6 Å². The average molecular weight is 1210 g/mol. The first-order valence-corrected chi connectivity index (χ1v) is 27.6. The molecule has 11 nitrogen and oxygen atoms in total. The molecule has 0 amide bonds. The second-order valence-corrected chi connectivity index (χ2v) is 20.5. The summed E-state index contributed by atoms with van der Waals surface area (Å²) in [5.74, 6) is 2.18. The number of benzene rings is 4. The van der Waals surface area contributed by atoms with Crippen LogP contribution in [0.3, 0.4) is 0 Å². The molecule has 4 aromatic carbocycles. The highest BCUT2D eigenvalue weighted by Gasteiger charge is 2.72. The van der Waals surface area contributed by atoms with E-state index in [4.69, 9.17) is 16.0 Å². The third-order valence-corrected chi connectivity index (χ3v) is 15.4. The molecule has 0 aliphatic rings. The van der Waals surface area contributed by atoms with Gasteiger partial charge in [0.1, 0.15) is 25.1 Å². The molecule has 0 radical (unpaired) electrons. The number of rotatable bonds is 29. The van der Waals surface area contributed by atoms with Crippen LogP contribution in [0.1, 0.15) is 141 Å². The lowest BCUT2D eigenvalue weighted by molar-refractivity contribution is -0.372. The number of aryl methyl sites for hydroxylation is 5. The normalized spacial score (nSPS) is 13.1. The minimum absolute atomic E-state index is 0.00466. The van der Waals surface area contributed by atoms with Crippen molar-refractivity contribution < 1.29 is 81.1 Å². The Balaban J connectivity index is 0.000000365. The average Bonchev–Trinajstić information content (AvgIpc) is 1.45. The molecule has 23 heteroatoms. The van der Waals surface area contributed by atoms with E-state index in [0.29, 0.717) is 68.8 Å². The van der Waals surface area contributed by atoms with E-state index in [1.165, 1.54) is 12.1 Å². The van der Waals surface area contributed by atoms with Gasteiger partial charge in [-0.1, -0.05) is 106 Å². The summed E-state index contributed by atoms with van der Waals surface area (Å²) in [6.07, 6.45) is -14.7. The van der Waals surface area contributed by atoms with Crippen LogP contribution in [0, 0.1) is 34.3 Å². The number of nitrogens with one attached hydrogen (secondary N) is 1. The Morgan fingerprint density at radius 3 is 1.18 bits per heavy atom. The minimum atomic E-state index is -5.77. The maximum Gasteiger partial charge on any atom is 0.430 e. The number of nitrogens with zero attached hydrogens (tertiary/aromatic N) is 4. The fourth-order valence-electron chi connectivity index (χ4n) is 10.2. The molecule has 5 aromatic rings. The molecule has 0 saturated carbocycles. The Bertz CT molecular complexity index is 2950. The van der Waals surface area contributed by atoms with Gasteiger partial charge in [-0.2, -0.15) is 57.9 Å². The zero-order valence-electron chi connectivity index (χ0n) is 49.4. The Kier molecular flexibility index (Phi) is 25.7. The number of hydrogen-bond acceptors (Lipinski definition) is 9. The van der Waals surface area contributed by atoms with E-state index >= 15 is 0 Å². The summed E-state index contributed by atoms with van der Waals surface area (Å²) in [6.45, 7) is 21.4. The van der Waals surface area contributed by atoms with Gasteiger partial charge < -0.3 is 33.3 Å². The number of unbranched alkanes of at least 4 members (excludes halogenated alkanes) is 2. The van der Waals surface area contributed by atoms with E-state index < -0.39 is 60.3 Å². The number of H-pyrrole nitrogens is 1. The Labute approximate surface area is 489 Å². The molecule has 5 rings (SSSR count). The number of aromatic nitrogens is 4. The minimum Gasteiger partial charge on any atom is -0.493 e. The van der Waals surface area contributed by atoms with Gasteiger partial charge in [-0.25, -0.2) is 6.57 Å². The maximum absolute atomic E-state index is 13.7. The van der Waals surface area contributed by atoms with Crippen LogP contribution in [0.15, 0.2) is 84.9 Å². The number of alkyl halides is 12. The molecular weight excluding hydrogens is 1140 g/mol. The molecule has 468 valence electrons. The molecule has 85 heavy (non-hydrogen) atoms. The maximum atomic E-state index is 13.7. The molecule has 1 N–H and O–H groups in total. The Hall–Kier alpha value is -6.48. The van der Waals surface area contributed by atoms with Gasteiger partial charge >= 0.3 is 24.7 Å². The number of methoxy groups -OCH3 is 2. The van der Waals surface area contributed by atoms with Crippen molar-refractivity contribution in [3.8, 4) is 11.5 Å². The molecule has 0 aliphatic carbocycles. The summed E-state index contributed by atoms with van der Waals surface area (Å²) in [6, 6.07) is 22.2. The number of halogens is 12. The van der Waals surface area contributed by atoms with Gasteiger partial charge in [-0.15, -0.1) is 10.2 Å². The number of tetrazole rings is 1. The number of hydrogen-bond donors (Lipinski definition) is 1. The summed E-state index contributed by atoms with van der Waals surface area (Å²) < 4.78 is 194. The lowest BCUT2D eigenvalue weighted by Gasteiger charge is -2.35. The van der Waals surface area contributed by atoms with Gasteiger partial charge in [0.15, 0.2) is 5.82 Å². The molecule has 0 bridgehead atoms. The van der Waals surface area contributed by atoms with Gasteiger partial charge in [0.05, 0.1) is 13.2 Å². The van der Waals surface area contributed by atoms with E-state index in [9.17, 15) is 52.7 Å². The van der Waals surface area contributed by atoms with E-state index in [1.54, 1.807) is 26.0 Å². The molecule has 0 aliphatic heterocycles. The summed E-state index contributed by atoms with van der Waals surface area (Å²) in [4.78, 5) is 3.34. The van der Waals surface area contributed by atoms with Gasteiger partial charge in [0, 0.05) is 37.9 Å². The van der Waals surface area contributed by atoms with Gasteiger partial charge in [0.25, 0.3) is 11.2 Å². The Morgan fingerprint density at radius 2 is 0.871 bits per heavy atom. The van der Waals surface area contributed by atoms with Crippen LogP contribution in [0.5, 0.6) is 11.5 Å². The Morgan fingerprint density at radius 1 is 0.506 bits per heavy atom. The number of ether oxygens (including phenoxy) is 6. The van der Waals surface area contributed by atoms with Crippen LogP contribution in [0.2, 0.25) is 0 Å². The van der Waals surface area contributed by atoms with E-state index in [0.717, 1.165) is 96.9 Å². The fourth-order valence-corrected chi connectivity index (χ4v) is 10.2. The summed E-state index contributed by atoms with van der Waals surface area (Å²) in [5, 5.41) is 13.8. The highest BCUT2D eigenvalue weighted by molar-refractivity contribution is 5.59. The van der Waals surface area contributed by atoms with Gasteiger partial charge in [0.2, 0.25) is 6.54 Å². The third-order valence-electron chi connectivity index (χ3n) is 15.4. The first kappa shape index (κ1) is 71.0. The smallest absolute Gasteiger partial charge is 0.430 e. The van der Waals surface area contributed by atoms with E-state index in [1.807, 2.05) is 77.9 Å². The topological polar surface area (TPSA) is 114 Å². The van der Waals surface area contributed by atoms with Crippen molar-refractivity contribution in [3.63, 3.8) is 0 Å². The highest BCUT2D eigenvalue weighted by Crippen LogP contribution is 2.50. The zero-order valence-corrected chi connectivity index (χ0v) is 49.4. The molecule has 0 fully saturated rings.